The summed E-state index contributed by atoms with van der Waals surface area (Å²) in [5.41, 5.74) is 0.749. The first-order valence-electron chi connectivity index (χ1n) is 5.86. The SMILES string of the molecule is CCn1cc(CN(CCCO)CC(F)(F)F)cn1. The van der Waals surface area contributed by atoms with Crippen molar-refractivity contribution in [3.05, 3.63) is 18.0 Å². The molecule has 4 nitrogen and oxygen atoms in total. The number of alkyl halides is 3. The Morgan fingerprint density at radius 3 is 2.67 bits per heavy atom. The van der Waals surface area contributed by atoms with Gasteiger partial charge < -0.3 is 5.11 Å². The standard InChI is InChI=1S/C11H18F3N3O/c1-2-17-8-10(6-15-17)7-16(4-3-5-18)9-11(12,13)14/h6,8,18H,2-5,7,9H2,1H3. The largest absolute Gasteiger partial charge is 0.401 e. The first-order chi connectivity index (χ1) is 8.44. The summed E-state index contributed by atoms with van der Waals surface area (Å²) in [5, 5.41) is 12.7. The third-order valence-corrected chi connectivity index (χ3v) is 2.45. The van der Waals surface area contributed by atoms with Gasteiger partial charge in [-0.3, -0.25) is 9.58 Å². The average Bonchev–Trinajstić information content (AvgIpc) is 2.71. The second-order valence-corrected chi connectivity index (χ2v) is 4.11. The third-order valence-electron chi connectivity index (χ3n) is 2.45. The summed E-state index contributed by atoms with van der Waals surface area (Å²) in [6.07, 6.45) is -0.581. The number of aryl methyl sites for hydroxylation is 1. The molecule has 0 atom stereocenters. The van der Waals surface area contributed by atoms with E-state index in [1.54, 1.807) is 17.1 Å². The van der Waals surface area contributed by atoms with Gasteiger partial charge in [-0.05, 0) is 13.3 Å². The van der Waals surface area contributed by atoms with Crippen LogP contribution in [0.15, 0.2) is 12.4 Å². The first kappa shape index (κ1) is 15.0. The second-order valence-electron chi connectivity index (χ2n) is 4.11. The first-order valence-corrected chi connectivity index (χ1v) is 5.86. The quantitative estimate of drug-likeness (QED) is 0.815. The van der Waals surface area contributed by atoms with E-state index in [0.29, 0.717) is 13.0 Å². The maximum Gasteiger partial charge on any atom is 0.401 e. The maximum absolute atomic E-state index is 12.4. The van der Waals surface area contributed by atoms with Crippen molar-refractivity contribution in [3.63, 3.8) is 0 Å². The lowest BCUT2D eigenvalue weighted by molar-refractivity contribution is -0.147. The minimum atomic E-state index is -4.23. The van der Waals surface area contributed by atoms with Crippen LogP contribution >= 0.6 is 0 Å². The minimum absolute atomic E-state index is 0.109. The van der Waals surface area contributed by atoms with Crippen molar-refractivity contribution in [1.82, 2.24) is 14.7 Å². The van der Waals surface area contributed by atoms with E-state index in [0.717, 1.165) is 5.56 Å². The smallest absolute Gasteiger partial charge is 0.396 e. The second kappa shape index (κ2) is 6.75. The van der Waals surface area contributed by atoms with Gasteiger partial charge in [0.15, 0.2) is 0 Å². The van der Waals surface area contributed by atoms with Crippen molar-refractivity contribution in [2.75, 3.05) is 19.7 Å². The van der Waals surface area contributed by atoms with E-state index in [1.165, 1.54) is 4.90 Å². The molecule has 0 amide bonds. The van der Waals surface area contributed by atoms with Crippen LogP contribution in [0.25, 0.3) is 0 Å². The number of aliphatic hydroxyl groups excluding tert-OH is 1. The summed E-state index contributed by atoms with van der Waals surface area (Å²) in [6, 6.07) is 0. The fourth-order valence-corrected chi connectivity index (χ4v) is 1.68. The molecule has 0 aliphatic heterocycles. The molecule has 1 heterocycles. The van der Waals surface area contributed by atoms with Gasteiger partial charge in [0.1, 0.15) is 0 Å². The van der Waals surface area contributed by atoms with Crippen molar-refractivity contribution in [2.24, 2.45) is 0 Å². The molecule has 1 rings (SSSR count). The van der Waals surface area contributed by atoms with Crippen LogP contribution in [-0.4, -0.2) is 45.7 Å². The highest BCUT2D eigenvalue weighted by Gasteiger charge is 2.30. The third kappa shape index (κ3) is 5.50. The summed E-state index contributed by atoms with van der Waals surface area (Å²) in [4.78, 5) is 1.27. The van der Waals surface area contributed by atoms with Gasteiger partial charge in [0, 0.05) is 38.0 Å². The number of rotatable bonds is 7. The van der Waals surface area contributed by atoms with Crippen LogP contribution < -0.4 is 0 Å². The van der Waals surface area contributed by atoms with E-state index >= 15 is 0 Å². The Kier molecular flexibility index (Phi) is 5.61. The molecule has 0 radical (unpaired) electrons. The lowest BCUT2D eigenvalue weighted by Crippen LogP contribution is -2.34. The number of hydrogen-bond acceptors (Lipinski definition) is 3. The lowest BCUT2D eigenvalue weighted by Gasteiger charge is -2.22. The van der Waals surface area contributed by atoms with Crippen LogP contribution in [0.4, 0.5) is 13.2 Å². The van der Waals surface area contributed by atoms with Gasteiger partial charge in [-0.2, -0.15) is 18.3 Å². The van der Waals surface area contributed by atoms with Gasteiger partial charge in [0.25, 0.3) is 0 Å². The molecule has 0 aliphatic carbocycles. The van der Waals surface area contributed by atoms with Gasteiger partial charge in [-0.25, -0.2) is 0 Å². The van der Waals surface area contributed by atoms with Crippen molar-refractivity contribution >= 4 is 0 Å². The Morgan fingerprint density at radius 1 is 1.44 bits per heavy atom. The Morgan fingerprint density at radius 2 is 2.17 bits per heavy atom. The van der Waals surface area contributed by atoms with Gasteiger partial charge in [-0.15, -0.1) is 0 Å². The van der Waals surface area contributed by atoms with E-state index in [2.05, 4.69) is 5.10 Å². The zero-order valence-corrected chi connectivity index (χ0v) is 10.3. The number of nitrogens with zero attached hydrogens (tertiary/aromatic N) is 3. The molecule has 104 valence electrons. The van der Waals surface area contributed by atoms with Crippen LogP contribution in [-0.2, 0) is 13.1 Å². The minimum Gasteiger partial charge on any atom is -0.396 e. The Bertz CT molecular complexity index is 352. The molecule has 0 aliphatic rings. The molecule has 1 aromatic rings. The molecule has 0 saturated heterocycles. The molecule has 0 aromatic carbocycles. The van der Waals surface area contributed by atoms with Crippen LogP contribution in [0.3, 0.4) is 0 Å². The monoisotopic (exact) mass is 265 g/mol. The van der Waals surface area contributed by atoms with E-state index in [4.69, 9.17) is 5.11 Å². The van der Waals surface area contributed by atoms with Gasteiger partial charge >= 0.3 is 6.18 Å². The number of hydrogen-bond donors (Lipinski definition) is 1. The topological polar surface area (TPSA) is 41.3 Å². The molecule has 0 bridgehead atoms. The average molecular weight is 265 g/mol. The number of aromatic nitrogens is 2. The lowest BCUT2D eigenvalue weighted by atomic mass is 10.3. The highest BCUT2D eigenvalue weighted by atomic mass is 19.4. The highest BCUT2D eigenvalue weighted by molar-refractivity contribution is 5.03. The van der Waals surface area contributed by atoms with E-state index in [9.17, 15) is 13.2 Å². The van der Waals surface area contributed by atoms with Crippen molar-refractivity contribution in [3.8, 4) is 0 Å². The fourth-order valence-electron chi connectivity index (χ4n) is 1.68. The number of aliphatic hydroxyl groups is 1. The van der Waals surface area contributed by atoms with Gasteiger partial charge in [0.05, 0.1) is 12.7 Å². The Balaban J connectivity index is 2.59. The predicted octanol–water partition coefficient (Wildman–Crippen LogP) is 1.65. The summed E-state index contributed by atoms with van der Waals surface area (Å²) in [6.45, 7) is 1.94. The van der Waals surface area contributed by atoms with E-state index < -0.39 is 12.7 Å². The fraction of sp³-hybridized carbons (Fsp3) is 0.727. The van der Waals surface area contributed by atoms with E-state index in [-0.39, 0.29) is 19.7 Å². The summed E-state index contributed by atoms with van der Waals surface area (Å²) in [7, 11) is 0. The Hall–Kier alpha value is -1.08. The predicted molar refractivity (Wildman–Crippen MR) is 60.9 cm³/mol. The van der Waals surface area contributed by atoms with Crippen LogP contribution in [0.2, 0.25) is 0 Å². The van der Waals surface area contributed by atoms with Crippen LogP contribution in [0.5, 0.6) is 0 Å². The molecule has 18 heavy (non-hydrogen) atoms. The Labute approximate surface area is 104 Å². The molecule has 0 unspecified atom stereocenters. The molecule has 0 saturated carbocycles. The highest BCUT2D eigenvalue weighted by Crippen LogP contribution is 2.18. The van der Waals surface area contributed by atoms with Crippen molar-refractivity contribution < 1.29 is 18.3 Å². The molecule has 0 fully saturated rings. The van der Waals surface area contributed by atoms with E-state index in [1.807, 2.05) is 6.92 Å². The maximum atomic E-state index is 12.4. The molecular formula is C11H18F3N3O. The van der Waals surface area contributed by atoms with Gasteiger partial charge in [-0.1, -0.05) is 0 Å². The van der Waals surface area contributed by atoms with Crippen LogP contribution in [0.1, 0.15) is 18.9 Å². The zero-order chi connectivity index (χ0) is 13.6. The normalized spacial score (nSPS) is 12.3. The summed E-state index contributed by atoms with van der Waals surface area (Å²) >= 11 is 0. The summed E-state index contributed by atoms with van der Waals surface area (Å²) < 4.78 is 38.8. The van der Waals surface area contributed by atoms with Gasteiger partial charge in [0.2, 0.25) is 0 Å². The van der Waals surface area contributed by atoms with Crippen molar-refractivity contribution in [1.29, 1.82) is 0 Å². The molecule has 7 heteroatoms. The molecular weight excluding hydrogens is 247 g/mol. The molecule has 1 aromatic heterocycles. The summed E-state index contributed by atoms with van der Waals surface area (Å²) in [5.74, 6) is 0. The van der Waals surface area contributed by atoms with Crippen molar-refractivity contribution in [2.45, 2.75) is 32.6 Å². The zero-order valence-electron chi connectivity index (χ0n) is 10.3. The molecule has 1 N–H and O–H groups in total. The number of halogens is 3. The molecule has 0 spiro atoms. The van der Waals surface area contributed by atoms with Crippen LogP contribution in [0, 0.1) is 0 Å².